The second-order valence-corrected chi connectivity index (χ2v) is 6.92. The number of rotatable bonds is 8. The Morgan fingerprint density at radius 3 is 1.93 bits per heavy atom. The maximum atomic E-state index is 12.4. The highest BCUT2D eigenvalue weighted by molar-refractivity contribution is 5.97. The van der Waals surface area contributed by atoms with Gasteiger partial charge in [-0.1, -0.05) is 44.5 Å². The molecule has 0 aliphatic carbocycles. The minimum Gasteiger partial charge on any atom is -0.550 e. The zero-order valence-corrected chi connectivity index (χ0v) is 16.2. The van der Waals surface area contributed by atoms with Gasteiger partial charge in [-0.05, 0) is 50.8 Å². The van der Waals surface area contributed by atoms with Gasteiger partial charge in [0.05, 0.1) is 0 Å². The van der Waals surface area contributed by atoms with Crippen molar-refractivity contribution in [3.8, 4) is 0 Å². The minimum atomic E-state index is -1.37. The standard InChI is InChI=1S/C17H25NO.C4H6O4/c1-3-15-7-9-16(10-8-15)17(19)14(2)13-18-11-5-4-6-12-18;5-3(6)1-2-4(7)8/h7-10,14H,3-6,11-13H2,1-2H3;1-2H2,(H,5,6)(H,7,8)/p-2. The SMILES string of the molecule is CCc1ccc(C(=O)C(C)CN2CCCCC2)cc1.O=C([O-])CCC(=O)[O-]. The quantitative estimate of drug-likeness (QED) is 0.624. The van der Waals surface area contributed by atoms with E-state index in [0.29, 0.717) is 0 Å². The fourth-order valence-corrected chi connectivity index (χ4v) is 3.01. The highest BCUT2D eigenvalue weighted by Gasteiger charge is 2.19. The number of nitrogens with zero attached hydrogens (tertiary/aromatic N) is 1. The molecule has 6 heteroatoms. The van der Waals surface area contributed by atoms with Crippen molar-refractivity contribution in [1.82, 2.24) is 4.90 Å². The highest BCUT2D eigenvalue weighted by Crippen LogP contribution is 2.15. The minimum absolute atomic E-state index is 0.102. The molecule has 1 atom stereocenters. The Morgan fingerprint density at radius 1 is 0.963 bits per heavy atom. The Bertz CT molecular complexity index is 592. The van der Waals surface area contributed by atoms with Crippen LogP contribution in [0.5, 0.6) is 0 Å². The molecule has 1 aliphatic heterocycles. The van der Waals surface area contributed by atoms with Gasteiger partial charge in [-0.3, -0.25) is 4.79 Å². The van der Waals surface area contributed by atoms with Gasteiger partial charge in [-0.25, -0.2) is 0 Å². The number of carboxylic acids is 2. The van der Waals surface area contributed by atoms with Crippen molar-refractivity contribution in [2.45, 2.75) is 52.4 Å². The van der Waals surface area contributed by atoms with Crippen molar-refractivity contribution in [3.63, 3.8) is 0 Å². The van der Waals surface area contributed by atoms with E-state index in [2.05, 4.69) is 30.9 Å². The molecule has 0 aromatic heterocycles. The van der Waals surface area contributed by atoms with E-state index in [1.165, 1.54) is 24.8 Å². The van der Waals surface area contributed by atoms with Crippen molar-refractivity contribution in [1.29, 1.82) is 0 Å². The van der Waals surface area contributed by atoms with E-state index in [1.54, 1.807) is 0 Å². The zero-order chi connectivity index (χ0) is 20.2. The molecule has 0 radical (unpaired) electrons. The molecule has 1 aliphatic rings. The molecule has 150 valence electrons. The average Bonchev–Trinajstić information content (AvgIpc) is 2.67. The van der Waals surface area contributed by atoms with Crippen LogP contribution in [0.2, 0.25) is 0 Å². The van der Waals surface area contributed by atoms with Crippen LogP contribution in [-0.2, 0) is 16.0 Å². The first-order valence-corrected chi connectivity index (χ1v) is 9.58. The number of hydrogen-bond acceptors (Lipinski definition) is 6. The van der Waals surface area contributed by atoms with E-state index in [-0.39, 0.29) is 11.7 Å². The largest absolute Gasteiger partial charge is 0.550 e. The molecule has 1 aromatic rings. The van der Waals surface area contributed by atoms with Gasteiger partial charge >= 0.3 is 0 Å². The maximum absolute atomic E-state index is 12.4. The number of benzene rings is 1. The van der Waals surface area contributed by atoms with Crippen LogP contribution in [0.1, 0.15) is 61.9 Å². The average molecular weight is 375 g/mol. The molecule has 2 rings (SSSR count). The van der Waals surface area contributed by atoms with Gasteiger partial charge in [0.25, 0.3) is 0 Å². The van der Waals surface area contributed by atoms with Gasteiger partial charge in [-0.15, -0.1) is 0 Å². The van der Waals surface area contributed by atoms with E-state index in [1.807, 2.05) is 12.1 Å². The van der Waals surface area contributed by atoms with E-state index >= 15 is 0 Å². The van der Waals surface area contributed by atoms with Crippen molar-refractivity contribution in [2.75, 3.05) is 19.6 Å². The summed E-state index contributed by atoms with van der Waals surface area (Å²) in [5.41, 5.74) is 2.15. The van der Waals surface area contributed by atoms with E-state index in [9.17, 15) is 24.6 Å². The second kappa shape index (κ2) is 12.2. The second-order valence-electron chi connectivity index (χ2n) is 6.92. The first kappa shape index (κ1) is 22.8. The lowest BCUT2D eigenvalue weighted by atomic mass is 9.97. The van der Waals surface area contributed by atoms with Gasteiger partial charge in [0.1, 0.15) is 0 Å². The van der Waals surface area contributed by atoms with E-state index in [4.69, 9.17) is 0 Å². The molecule has 1 fully saturated rings. The number of hydrogen-bond donors (Lipinski definition) is 0. The van der Waals surface area contributed by atoms with Gasteiger partial charge in [0.2, 0.25) is 0 Å². The number of piperidine rings is 1. The third-order valence-electron chi connectivity index (χ3n) is 4.61. The number of likely N-dealkylation sites (tertiary alicyclic amines) is 1. The van der Waals surface area contributed by atoms with Crippen molar-refractivity contribution in [3.05, 3.63) is 35.4 Å². The maximum Gasteiger partial charge on any atom is 0.166 e. The molecule has 0 N–H and O–H groups in total. The summed E-state index contributed by atoms with van der Waals surface area (Å²) < 4.78 is 0. The molecule has 1 heterocycles. The molecule has 0 saturated carbocycles. The van der Waals surface area contributed by atoms with E-state index in [0.717, 1.165) is 31.6 Å². The summed E-state index contributed by atoms with van der Waals surface area (Å²) in [5.74, 6) is -2.35. The number of ketones is 1. The number of carbonyl (C=O) groups is 3. The lowest BCUT2D eigenvalue weighted by Crippen LogP contribution is -2.35. The molecule has 1 saturated heterocycles. The molecular weight excluding hydrogens is 346 g/mol. The van der Waals surface area contributed by atoms with Crippen molar-refractivity contribution < 1.29 is 24.6 Å². The molecular formula is C21H29NO5-2. The van der Waals surface area contributed by atoms with Crippen LogP contribution in [-0.4, -0.2) is 42.3 Å². The summed E-state index contributed by atoms with van der Waals surface area (Å²) in [6, 6.07) is 8.10. The summed E-state index contributed by atoms with van der Waals surface area (Å²) in [6.07, 6.45) is 4.00. The topological polar surface area (TPSA) is 101 Å². The number of aliphatic carboxylic acids is 2. The van der Waals surface area contributed by atoms with Crippen molar-refractivity contribution >= 4 is 17.7 Å². The van der Waals surface area contributed by atoms with Gasteiger partial charge < -0.3 is 24.7 Å². The number of carbonyl (C=O) groups excluding carboxylic acids is 3. The van der Waals surface area contributed by atoms with Crippen LogP contribution in [0.15, 0.2) is 24.3 Å². The predicted molar refractivity (Wildman–Crippen MR) is 98.9 cm³/mol. The van der Waals surface area contributed by atoms with Gasteiger partial charge in [0.15, 0.2) is 5.78 Å². The first-order chi connectivity index (χ1) is 12.8. The summed E-state index contributed by atoms with van der Waals surface area (Å²) in [6.45, 7) is 7.42. The molecule has 0 bridgehead atoms. The monoisotopic (exact) mass is 375 g/mol. The Balaban J connectivity index is 0.000000387. The lowest BCUT2D eigenvalue weighted by Gasteiger charge is -2.28. The summed E-state index contributed by atoms with van der Waals surface area (Å²) in [5, 5.41) is 19.0. The Morgan fingerprint density at radius 2 is 1.48 bits per heavy atom. The van der Waals surface area contributed by atoms with Crippen LogP contribution >= 0.6 is 0 Å². The van der Waals surface area contributed by atoms with Crippen molar-refractivity contribution in [2.24, 2.45) is 5.92 Å². The summed E-state index contributed by atoms with van der Waals surface area (Å²) in [7, 11) is 0. The predicted octanol–water partition coefficient (Wildman–Crippen LogP) is 0.820. The highest BCUT2D eigenvalue weighted by atomic mass is 16.4. The number of Topliss-reactive ketones (excluding diaryl/α,β-unsaturated/α-hetero) is 1. The first-order valence-electron chi connectivity index (χ1n) is 9.58. The molecule has 6 nitrogen and oxygen atoms in total. The lowest BCUT2D eigenvalue weighted by molar-refractivity contribution is -0.315. The van der Waals surface area contributed by atoms with Gasteiger partial charge in [-0.2, -0.15) is 0 Å². The Labute approximate surface area is 161 Å². The van der Waals surface area contributed by atoms with Gasteiger partial charge in [0, 0.05) is 30.0 Å². The molecule has 0 spiro atoms. The van der Waals surface area contributed by atoms with Crippen LogP contribution in [0, 0.1) is 5.92 Å². The normalized spacial score (nSPS) is 15.3. The molecule has 1 aromatic carbocycles. The van der Waals surface area contributed by atoms with Crippen LogP contribution < -0.4 is 10.2 Å². The zero-order valence-electron chi connectivity index (χ0n) is 16.2. The smallest absolute Gasteiger partial charge is 0.166 e. The third-order valence-corrected chi connectivity index (χ3v) is 4.61. The van der Waals surface area contributed by atoms with Crippen LogP contribution in [0.3, 0.4) is 0 Å². The fraction of sp³-hybridized carbons (Fsp3) is 0.571. The molecule has 27 heavy (non-hydrogen) atoms. The summed E-state index contributed by atoms with van der Waals surface area (Å²) in [4.78, 5) is 33.8. The Kier molecular flexibility index (Phi) is 10.3. The number of carboxylic acid groups (broad SMARTS) is 2. The van der Waals surface area contributed by atoms with Crippen LogP contribution in [0.4, 0.5) is 0 Å². The fourth-order valence-electron chi connectivity index (χ4n) is 3.01. The van der Waals surface area contributed by atoms with E-state index < -0.39 is 24.8 Å². The number of aryl methyl sites for hydroxylation is 1. The molecule has 0 amide bonds. The third kappa shape index (κ3) is 9.33. The van der Waals surface area contributed by atoms with Crippen LogP contribution in [0.25, 0.3) is 0 Å². The summed E-state index contributed by atoms with van der Waals surface area (Å²) >= 11 is 0. The Hall–Kier alpha value is -2.21. The molecule has 1 unspecified atom stereocenters.